The lowest BCUT2D eigenvalue weighted by molar-refractivity contribution is -0.129. The Kier molecular flexibility index (Phi) is 4.86. The molecule has 4 atom stereocenters. The van der Waals surface area contributed by atoms with Crippen LogP contribution in [0, 0.1) is 5.92 Å². The zero-order valence-electron chi connectivity index (χ0n) is 15.9. The number of amides is 1. The van der Waals surface area contributed by atoms with E-state index in [1.165, 1.54) is 11.6 Å². The van der Waals surface area contributed by atoms with Crippen LogP contribution < -0.4 is 5.32 Å². The van der Waals surface area contributed by atoms with Crippen molar-refractivity contribution in [3.05, 3.63) is 30.7 Å². The van der Waals surface area contributed by atoms with E-state index in [2.05, 4.69) is 40.0 Å². The zero-order valence-corrected chi connectivity index (χ0v) is 15.9. The van der Waals surface area contributed by atoms with Gasteiger partial charge >= 0.3 is 0 Å². The number of methoxy groups -OCH3 is 1. The molecule has 2 N–H and O–H groups in total. The maximum atomic E-state index is 12.1. The number of nitrogens with one attached hydrogen (secondary N) is 2. The molecule has 1 saturated carbocycles. The van der Waals surface area contributed by atoms with Gasteiger partial charge in [0.15, 0.2) is 0 Å². The summed E-state index contributed by atoms with van der Waals surface area (Å²) >= 11 is 0. The fourth-order valence-corrected chi connectivity index (χ4v) is 4.26. The monoisotopic (exact) mass is 369 g/mol. The molecule has 2 aliphatic rings. The molecule has 3 heterocycles. The molecule has 4 rings (SSSR count). The Morgan fingerprint density at radius 1 is 1.48 bits per heavy atom. The molecule has 7 heteroatoms. The first-order chi connectivity index (χ1) is 13.1. The molecule has 1 aliphatic heterocycles. The second kappa shape index (κ2) is 7.31. The number of fused-ring (bicyclic) bond motifs is 1. The molecule has 0 radical (unpaired) electrons. The number of likely N-dealkylation sites (tertiary alicyclic amines) is 1. The molecule has 2 aromatic rings. The minimum atomic E-state index is -0.00967. The molecule has 27 heavy (non-hydrogen) atoms. The molecule has 2 aromatic heterocycles. The van der Waals surface area contributed by atoms with Crippen LogP contribution >= 0.6 is 0 Å². The summed E-state index contributed by atoms with van der Waals surface area (Å²) in [5.41, 5.74) is 2.12. The van der Waals surface area contributed by atoms with Crippen LogP contribution in [0.5, 0.6) is 0 Å². The molecular weight excluding hydrogens is 342 g/mol. The van der Waals surface area contributed by atoms with Crippen LogP contribution in [0.2, 0.25) is 0 Å². The Morgan fingerprint density at radius 2 is 2.33 bits per heavy atom. The highest BCUT2D eigenvalue weighted by Crippen LogP contribution is 2.50. The van der Waals surface area contributed by atoms with Crippen LogP contribution in [0.4, 0.5) is 5.82 Å². The van der Waals surface area contributed by atoms with Crippen molar-refractivity contribution in [3.63, 3.8) is 0 Å². The molecule has 144 valence electrons. The Morgan fingerprint density at radius 3 is 3.11 bits per heavy atom. The summed E-state index contributed by atoms with van der Waals surface area (Å²) in [4.78, 5) is 26.2. The van der Waals surface area contributed by atoms with Gasteiger partial charge in [0.05, 0.1) is 5.39 Å². The van der Waals surface area contributed by atoms with E-state index in [1.54, 1.807) is 13.4 Å². The van der Waals surface area contributed by atoms with E-state index in [-0.39, 0.29) is 18.0 Å². The van der Waals surface area contributed by atoms with Crippen molar-refractivity contribution in [3.8, 4) is 0 Å². The lowest BCUT2D eigenvalue weighted by Gasteiger charge is -2.38. The highest BCUT2D eigenvalue weighted by molar-refractivity contribution is 5.91. The van der Waals surface area contributed by atoms with Gasteiger partial charge in [-0.2, -0.15) is 0 Å². The summed E-state index contributed by atoms with van der Waals surface area (Å²) in [5, 5.41) is 4.65. The van der Waals surface area contributed by atoms with Gasteiger partial charge in [0, 0.05) is 38.5 Å². The van der Waals surface area contributed by atoms with E-state index >= 15 is 0 Å². The van der Waals surface area contributed by atoms with Gasteiger partial charge in [0.2, 0.25) is 5.91 Å². The number of piperidine rings is 1. The standard InChI is InChI=1S/C20H27N5O2/c1-4-17(26)25-9-14(6-5-12(25)2)24-20-18-16(15-7-13(15)10-27-3)8-21-19(18)22-11-23-20/h4,8,11-15H,1,5-7,9-10H2,2-3H3,(H2,21,22,23,24)/t12-,13+,14+,15-/m0/s1. The fourth-order valence-electron chi connectivity index (χ4n) is 4.26. The van der Waals surface area contributed by atoms with E-state index in [4.69, 9.17) is 4.74 Å². The average Bonchev–Trinajstić information content (AvgIpc) is 3.30. The number of anilines is 1. The first-order valence-corrected chi connectivity index (χ1v) is 9.62. The van der Waals surface area contributed by atoms with Crippen molar-refractivity contribution in [1.29, 1.82) is 0 Å². The zero-order chi connectivity index (χ0) is 19.0. The van der Waals surface area contributed by atoms with Gasteiger partial charge in [-0.05, 0) is 49.7 Å². The number of carbonyl (C=O) groups excluding carboxylic acids is 1. The van der Waals surface area contributed by atoms with E-state index in [0.717, 1.165) is 42.7 Å². The lowest BCUT2D eigenvalue weighted by Crippen LogP contribution is -2.49. The van der Waals surface area contributed by atoms with Crippen molar-refractivity contribution in [2.45, 2.75) is 44.2 Å². The Balaban J connectivity index is 1.56. The Bertz CT molecular complexity index is 848. The number of carbonyl (C=O) groups is 1. The third-order valence-electron chi connectivity index (χ3n) is 5.88. The highest BCUT2D eigenvalue weighted by atomic mass is 16.5. The van der Waals surface area contributed by atoms with Gasteiger partial charge in [-0.3, -0.25) is 4.79 Å². The number of rotatable bonds is 6. The molecule has 0 spiro atoms. The van der Waals surface area contributed by atoms with Crippen molar-refractivity contribution < 1.29 is 9.53 Å². The van der Waals surface area contributed by atoms with Crippen LogP contribution in [0.15, 0.2) is 25.2 Å². The van der Waals surface area contributed by atoms with E-state index < -0.39 is 0 Å². The molecule has 7 nitrogen and oxygen atoms in total. The summed E-state index contributed by atoms with van der Waals surface area (Å²) < 4.78 is 5.31. The van der Waals surface area contributed by atoms with E-state index in [1.807, 2.05) is 4.90 Å². The molecule has 2 fully saturated rings. The smallest absolute Gasteiger partial charge is 0.246 e. The summed E-state index contributed by atoms with van der Waals surface area (Å²) in [6, 6.07) is 0.406. The predicted molar refractivity (Wildman–Crippen MR) is 105 cm³/mol. The van der Waals surface area contributed by atoms with Crippen LogP contribution in [0.3, 0.4) is 0 Å². The van der Waals surface area contributed by atoms with Gasteiger partial charge in [-0.1, -0.05) is 6.58 Å². The van der Waals surface area contributed by atoms with Gasteiger partial charge in [-0.15, -0.1) is 0 Å². The number of hydrogen-bond donors (Lipinski definition) is 2. The topological polar surface area (TPSA) is 83.1 Å². The summed E-state index contributed by atoms with van der Waals surface area (Å²) in [6.07, 6.45) is 8.14. The SMILES string of the molecule is C=CC(=O)N1C[C@H](Nc2ncnc3[nH]cc([C@H]4C[C@@H]4COC)c23)CC[C@@H]1C. The Labute approximate surface area is 159 Å². The first kappa shape index (κ1) is 18.0. The largest absolute Gasteiger partial charge is 0.384 e. The second-order valence-electron chi connectivity index (χ2n) is 7.71. The van der Waals surface area contributed by atoms with Crippen molar-refractivity contribution in [2.24, 2.45) is 5.92 Å². The molecule has 0 unspecified atom stereocenters. The molecule has 1 aliphatic carbocycles. The van der Waals surface area contributed by atoms with Gasteiger partial charge in [0.25, 0.3) is 0 Å². The number of H-pyrrole nitrogens is 1. The number of aromatic nitrogens is 3. The normalized spacial score (nSPS) is 27.6. The lowest BCUT2D eigenvalue weighted by atomic mass is 9.99. The van der Waals surface area contributed by atoms with Gasteiger partial charge in [-0.25, -0.2) is 9.97 Å². The third-order valence-corrected chi connectivity index (χ3v) is 5.88. The number of nitrogens with zero attached hydrogens (tertiary/aromatic N) is 3. The minimum Gasteiger partial charge on any atom is -0.384 e. The Hall–Kier alpha value is -2.41. The third kappa shape index (κ3) is 3.43. The average molecular weight is 369 g/mol. The van der Waals surface area contributed by atoms with Crippen LogP contribution in [-0.4, -0.2) is 58.1 Å². The van der Waals surface area contributed by atoms with Crippen LogP contribution in [0.1, 0.15) is 37.7 Å². The van der Waals surface area contributed by atoms with Gasteiger partial charge in [0.1, 0.15) is 17.8 Å². The molecular formula is C20H27N5O2. The first-order valence-electron chi connectivity index (χ1n) is 9.62. The molecule has 0 aromatic carbocycles. The van der Waals surface area contributed by atoms with Crippen molar-refractivity contribution in [1.82, 2.24) is 19.9 Å². The number of ether oxygens (including phenoxy) is 1. The summed E-state index contributed by atoms with van der Waals surface area (Å²) in [5.74, 6) is 1.91. The highest BCUT2D eigenvalue weighted by Gasteiger charge is 2.40. The summed E-state index contributed by atoms with van der Waals surface area (Å²) in [7, 11) is 1.75. The molecule has 1 saturated heterocycles. The van der Waals surface area contributed by atoms with Crippen LogP contribution in [0.25, 0.3) is 11.0 Å². The molecule has 1 amide bonds. The summed E-state index contributed by atoms with van der Waals surface area (Å²) in [6.45, 7) is 7.16. The van der Waals surface area contributed by atoms with Crippen LogP contribution in [-0.2, 0) is 9.53 Å². The predicted octanol–water partition coefficient (Wildman–Crippen LogP) is 2.69. The maximum Gasteiger partial charge on any atom is 0.246 e. The minimum absolute atomic E-state index is 0.00967. The second-order valence-corrected chi connectivity index (χ2v) is 7.71. The number of hydrogen-bond acceptors (Lipinski definition) is 5. The van der Waals surface area contributed by atoms with Crippen molar-refractivity contribution in [2.75, 3.05) is 25.6 Å². The van der Waals surface area contributed by atoms with Crippen molar-refractivity contribution >= 4 is 22.8 Å². The molecule has 0 bridgehead atoms. The quantitative estimate of drug-likeness (QED) is 0.765. The number of aromatic amines is 1. The maximum absolute atomic E-state index is 12.1. The van der Waals surface area contributed by atoms with E-state index in [9.17, 15) is 4.79 Å². The van der Waals surface area contributed by atoms with E-state index in [0.29, 0.717) is 18.4 Å². The van der Waals surface area contributed by atoms with Gasteiger partial charge < -0.3 is 19.9 Å². The fraction of sp³-hybridized carbons (Fsp3) is 0.550.